The van der Waals surface area contributed by atoms with Gasteiger partial charge in [-0.25, -0.2) is 0 Å². The Bertz CT molecular complexity index is 830. The van der Waals surface area contributed by atoms with E-state index in [-0.39, 0.29) is 5.57 Å². The van der Waals surface area contributed by atoms with Crippen LogP contribution in [0.15, 0.2) is 66.4 Å². The number of carbonyl (C=O) groups excluding carboxylic acids is 2. The van der Waals surface area contributed by atoms with Gasteiger partial charge in [0.2, 0.25) is 5.78 Å². The van der Waals surface area contributed by atoms with Gasteiger partial charge in [0.15, 0.2) is 11.5 Å². The Morgan fingerprint density at radius 3 is 2.25 bits per heavy atom. The third-order valence-electron chi connectivity index (χ3n) is 3.94. The Labute approximate surface area is 139 Å². The van der Waals surface area contributed by atoms with Gasteiger partial charge in [0.1, 0.15) is 11.7 Å². The minimum Gasteiger partial charge on any atom is -0.504 e. The lowest BCUT2D eigenvalue weighted by Crippen LogP contribution is -2.14. The SMILES string of the molecule is COc1ccc(C2=C(O)C(=O)C(/C=C/c3ccccc3)C2=O)cc1. The highest BCUT2D eigenvalue weighted by Crippen LogP contribution is 2.33. The zero-order valence-electron chi connectivity index (χ0n) is 13.1. The van der Waals surface area contributed by atoms with Crippen LogP contribution in [0.1, 0.15) is 11.1 Å². The van der Waals surface area contributed by atoms with Gasteiger partial charge < -0.3 is 9.84 Å². The maximum absolute atomic E-state index is 12.6. The highest BCUT2D eigenvalue weighted by atomic mass is 16.5. The van der Waals surface area contributed by atoms with Gasteiger partial charge in [0.25, 0.3) is 0 Å². The first-order valence-corrected chi connectivity index (χ1v) is 7.51. The van der Waals surface area contributed by atoms with Gasteiger partial charge in [-0.2, -0.15) is 0 Å². The Balaban J connectivity index is 1.88. The van der Waals surface area contributed by atoms with E-state index in [2.05, 4.69) is 0 Å². The smallest absolute Gasteiger partial charge is 0.212 e. The van der Waals surface area contributed by atoms with Crippen LogP contribution in [0.3, 0.4) is 0 Å². The number of hydrogen-bond acceptors (Lipinski definition) is 4. The third kappa shape index (κ3) is 2.86. The second-order valence-electron chi connectivity index (χ2n) is 5.43. The van der Waals surface area contributed by atoms with Crippen molar-refractivity contribution in [3.05, 3.63) is 77.6 Å². The van der Waals surface area contributed by atoms with Crippen molar-refractivity contribution >= 4 is 23.2 Å². The third-order valence-corrected chi connectivity index (χ3v) is 3.94. The van der Waals surface area contributed by atoms with Crippen molar-refractivity contribution in [2.75, 3.05) is 7.11 Å². The van der Waals surface area contributed by atoms with E-state index in [1.165, 1.54) is 6.08 Å². The molecule has 0 saturated carbocycles. The van der Waals surface area contributed by atoms with Gasteiger partial charge in [-0.15, -0.1) is 0 Å². The highest BCUT2D eigenvalue weighted by molar-refractivity contribution is 6.39. The van der Waals surface area contributed by atoms with Gasteiger partial charge in [0.05, 0.1) is 12.7 Å². The normalized spacial score (nSPS) is 17.8. The van der Waals surface area contributed by atoms with Crippen molar-refractivity contribution < 1.29 is 19.4 Å². The molecule has 2 aromatic rings. The number of rotatable bonds is 4. The maximum Gasteiger partial charge on any atom is 0.212 e. The molecule has 1 aliphatic carbocycles. The maximum atomic E-state index is 12.6. The average Bonchev–Trinajstić information content (AvgIpc) is 2.83. The number of benzene rings is 2. The number of aliphatic hydroxyl groups excluding tert-OH is 1. The summed E-state index contributed by atoms with van der Waals surface area (Å²) in [6.07, 6.45) is 3.25. The molecule has 0 amide bonds. The van der Waals surface area contributed by atoms with Gasteiger partial charge >= 0.3 is 0 Å². The molecule has 0 bridgehead atoms. The van der Waals surface area contributed by atoms with Gasteiger partial charge in [-0.3, -0.25) is 9.59 Å². The molecule has 1 atom stereocenters. The fourth-order valence-electron chi connectivity index (χ4n) is 2.64. The number of aliphatic hydroxyl groups is 1. The largest absolute Gasteiger partial charge is 0.504 e. The van der Waals surface area contributed by atoms with Crippen LogP contribution in [-0.4, -0.2) is 23.8 Å². The van der Waals surface area contributed by atoms with Gasteiger partial charge in [0, 0.05) is 0 Å². The molecular weight excluding hydrogens is 304 g/mol. The number of hydrogen-bond donors (Lipinski definition) is 1. The van der Waals surface area contributed by atoms with Crippen molar-refractivity contribution in [2.24, 2.45) is 5.92 Å². The average molecular weight is 320 g/mol. The molecular formula is C20H16O4. The van der Waals surface area contributed by atoms with Crippen LogP contribution in [-0.2, 0) is 9.59 Å². The fraction of sp³-hybridized carbons (Fsp3) is 0.100. The molecule has 0 aromatic heterocycles. The van der Waals surface area contributed by atoms with E-state index >= 15 is 0 Å². The van der Waals surface area contributed by atoms with Crippen molar-refractivity contribution in [2.45, 2.75) is 0 Å². The summed E-state index contributed by atoms with van der Waals surface area (Å²) in [6, 6.07) is 16.0. The minimum absolute atomic E-state index is 0.0605. The Hall–Kier alpha value is -3.14. The van der Waals surface area contributed by atoms with E-state index in [0.29, 0.717) is 11.3 Å². The molecule has 120 valence electrons. The van der Waals surface area contributed by atoms with Crippen molar-refractivity contribution in [3.63, 3.8) is 0 Å². The van der Waals surface area contributed by atoms with Crippen LogP contribution in [0.25, 0.3) is 11.6 Å². The summed E-state index contributed by atoms with van der Waals surface area (Å²) in [5, 5.41) is 10.1. The summed E-state index contributed by atoms with van der Waals surface area (Å²) in [4.78, 5) is 24.8. The number of methoxy groups -OCH3 is 1. The van der Waals surface area contributed by atoms with Crippen LogP contribution in [0.4, 0.5) is 0 Å². The van der Waals surface area contributed by atoms with E-state index in [0.717, 1.165) is 5.56 Å². The van der Waals surface area contributed by atoms with E-state index in [1.54, 1.807) is 37.5 Å². The molecule has 0 radical (unpaired) electrons. The summed E-state index contributed by atoms with van der Waals surface area (Å²) in [5.74, 6) is -1.79. The number of allylic oxidation sites excluding steroid dienone is 3. The zero-order valence-corrected chi connectivity index (χ0v) is 13.1. The van der Waals surface area contributed by atoms with E-state index in [1.807, 2.05) is 30.3 Å². The topological polar surface area (TPSA) is 63.6 Å². The first-order valence-electron chi connectivity index (χ1n) is 7.51. The number of Topliss-reactive ketones (excluding diaryl/α,β-unsaturated/α-hetero) is 2. The molecule has 2 aromatic carbocycles. The summed E-state index contributed by atoms with van der Waals surface area (Å²) in [6.45, 7) is 0. The Kier molecular flexibility index (Phi) is 4.29. The summed E-state index contributed by atoms with van der Waals surface area (Å²) >= 11 is 0. The summed E-state index contributed by atoms with van der Waals surface area (Å²) in [5.41, 5.74) is 1.45. The van der Waals surface area contributed by atoms with Crippen molar-refractivity contribution in [1.82, 2.24) is 0 Å². The molecule has 4 heteroatoms. The van der Waals surface area contributed by atoms with Crippen molar-refractivity contribution in [3.8, 4) is 5.75 Å². The van der Waals surface area contributed by atoms with E-state index < -0.39 is 23.2 Å². The number of ketones is 2. The first-order chi connectivity index (χ1) is 11.6. The van der Waals surface area contributed by atoms with Crippen LogP contribution >= 0.6 is 0 Å². The first kappa shape index (κ1) is 15.7. The lowest BCUT2D eigenvalue weighted by molar-refractivity contribution is -0.125. The van der Waals surface area contributed by atoms with Crippen LogP contribution < -0.4 is 4.74 Å². The predicted molar refractivity (Wildman–Crippen MR) is 91.5 cm³/mol. The molecule has 1 unspecified atom stereocenters. The standard InChI is InChI=1S/C20H16O4/c1-24-15-10-8-14(9-11-15)17-18(21)16(19(22)20(17)23)12-7-13-5-3-2-4-6-13/h2-12,16,23H,1H3/b12-7+. The van der Waals surface area contributed by atoms with E-state index in [4.69, 9.17) is 4.74 Å². The summed E-state index contributed by atoms with van der Waals surface area (Å²) in [7, 11) is 1.54. The quantitative estimate of drug-likeness (QED) is 0.877. The van der Waals surface area contributed by atoms with Crippen LogP contribution in [0.5, 0.6) is 5.75 Å². The molecule has 1 N–H and O–H groups in total. The monoisotopic (exact) mass is 320 g/mol. The van der Waals surface area contributed by atoms with Crippen molar-refractivity contribution in [1.29, 1.82) is 0 Å². The predicted octanol–water partition coefficient (Wildman–Crippen LogP) is 3.45. The molecule has 24 heavy (non-hydrogen) atoms. The number of carbonyl (C=O) groups is 2. The van der Waals surface area contributed by atoms with Crippen LogP contribution in [0, 0.1) is 5.92 Å². The van der Waals surface area contributed by atoms with Crippen LogP contribution in [0.2, 0.25) is 0 Å². The zero-order chi connectivity index (χ0) is 17.1. The number of ether oxygens (including phenoxy) is 1. The molecule has 3 rings (SSSR count). The fourth-order valence-corrected chi connectivity index (χ4v) is 2.64. The second-order valence-corrected chi connectivity index (χ2v) is 5.43. The molecule has 0 saturated heterocycles. The molecule has 0 fully saturated rings. The lowest BCUT2D eigenvalue weighted by atomic mass is 9.98. The minimum atomic E-state index is -0.984. The van der Waals surface area contributed by atoms with Gasteiger partial charge in [-0.05, 0) is 23.3 Å². The molecule has 0 spiro atoms. The Morgan fingerprint density at radius 1 is 0.958 bits per heavy atom. The van der Waals surface area contributed by atoms with E-state index in [9.17, 15) is 14.7 Å². The Morgan fingerprint density at radius 2 is 1.62 bits per heavy atom. The molecule has 4 nitrogen and oxygen atoms in total. The van der Waals surface area contributed by atoms with Gasteiger partial charge in [-0.1, -0.05) is 54.6 Å². The highest BCUT2D eigenvalue weighted by Gasteiger charge is 2.40. The molecule has 0 heterocycles. The second kappa shape index (κ2) is 6.54. The lowest BCUT2D eigenvalue weighted by Gasteiger charge is -2.04. The summed E-state index contributed by atoms with van der Waals surface area (Å²) < 4.78 is 5.07. The molecule has 0 aliphatic heterocycles. The molecule has 1 aliphatic rings.